The molecular formula is C21H26N2O2. The molecule has 0 aromatic heterocycles. The molecule has 2 N–H and O–H groups in total. The zero-order valence-corrected chi connectivity index (χ0v) is 14.9. The molecule has 0 aliphatic carbocycles. The van der Waals surface area contributed by atoms with Crippen LogP contribution in [0.25, 0.3) is 0 Å². The topological polar surface area (TPSA) is 55.6 Å². The predicted molar refractivity (Wildman–Crippen MR) is 99.5 cm³/mol. The summed E-state index contributed by atoms with van der Waals surface area (Å²) >= 11 is 0. The summed E-state index contributed by atoms with van der Waals surface area (Å²) in [7, 11) is 1.67. The summed E-state index contributed by atoms with van der Waals surface area (Å²) in [6, 6.07) is 17.7. The minimum Gasteiger partial charge on any atom is -0.497 e. The number of rotatable bonds is 5. The van der Waals surface area contributed by atoms with Crippen LogP contribution in [0.15, 0.2) is 54.6 Å². The molecule has 3 unspecified atom stereocenters. The van der Waals surface area contributed by atoms with Crippen LogP contribution in [0.3, 0.4) is 0 Å². The predicted octanol–water partition coefficient (Wildman–Crippen LogP) is 3.35. The number of benzene rings is 2. The quantitative estimate of drug-likeness (QED) is 0.909. The highest BCUT2D eigenvalue weighted by atomic mass is 16.5. The lowest BCUT2D eigenvalue weighted by atomic mass is 9.94. The summed E-state index contributed by atoms with van der Waals surface area (Å²) in [5.74, 6) is 1.16. The molecule has 1 amide bonds. The van der Waals surface area contributed by atoms with E-state index in [1.54, 1.807) is 7.11 Å². The van der Waals surface area contributed by atoms with Crippen molar-refractivity contribution < 1.29 is 9.53 Å². The molecule has 0 saturated carbocycles. The van der Waals surface area contributed by atoms with Gasteiger partial charge in [-0.25, -0.2) is 0 Å². The minimum atomic E-state index is -0.270. The number of hydrogen-bond acceptors (Lipinski definition) is 3. The van der Waals surface area contributed by atoms with E-state index in [1.807, 2.05) is 54.3 Å². The van der Waals surface area contributed by atoms with Gasteiger partial charge in [-0.05, 0) is 29.7 Å². The highest BCUT2D eigenvalue weighted by molar-refractivity contribution is 5.79. The Morgan fingerprint density at radius 1 is 1.16 bits per heavy atom. The van der Waals surface area contributed by atoms with Gasteiger partial charge in [-0.1, -0.05) is 49.4 Å². The van der Waals surface area contributed by atoms with E-state index < -0.39 is 0 Å². The molecule has 3 rings (SSSR count). The largest absolute Gasteiger partial charge is 0.497 e. The van der Waals surface area contributed by atoms with Gasteiger partial charge in [0.25, 0.3) is 0 Å². The van der Waals surface area contributed by atoms with E-state index in [1.165, 1.54) is 5.56 Å². The highest BCUT2D eigenvalue weighted by Gasteiger charge is 2.32. The standard InChI is InChI=1S/C21H26N2O2/c1-15(20(22)17-6-4-3-5-7-17)21(24)23-13-12-18(14-23)16-8-10-19(25-2)11-9-16/h3-11,15,18,20H,12-14,22H2,1-2H3. The fourth-order valence-corrected chi connectivity index (χ4v) is 3.51. The third-order valence-electron chi connectivity index (χ3n) is 5.20. The molecule has 1 aliphatic heterocycles. The first kappa shape index (κ1) is 17.5. The molecule has 0 spiro atoms. The molecule has 3 atom stereocenters. The number of nitrogens with two attached hydrogens (primary N) is 1. The number of carbonyl (C=O) groups excluding carboxylic acids is 1. The van der Waals surface area contributed by atoms with Crippen LogP contribution in [0, 0.1) is 5.92 Å². The van der Waals surface area contributed by atoms with E-state index in [0.717, 1.165) is 30.8 Å². The lowest BCUT2D eigenvalue weighted by Crippen LogP contribution is -2.38. The maximum atomic E-state index is 12.9. The number of methoxy groups -OCH3 is 1. The number of likely N-dealkylation sites (tertiary alicyclic amines) is 1. The van der Waals surface area contributed by atoms with Crippen LogP contribution in [0.2, 0.25) is 0 Å². The molecular weight excluding hydrogens is 312 g/mol. The van der Waals surface area contributed by atoms with Crippen molar-refractivity contribution in [2.75, 3.05) is 20.2 Å². The highest BCUT2D eigenvalue weighted by Crippen LogP contribution is 2.30. The van der Waals surface area contributed by atoms with E-state index in [0.29, 0.717) is 5.92 Å². The SMILES string of the molecule is COc1ccc(C2CCN(C(=O)C(C)C(N)c3ccccc3)C2)cc1. The number of nitrogens with zero attached hydrogens (tertiary/aromatic N) is 1. The van der Waals surface area contributed by atoms with Crippen molar-refractivity contribution in [2.24, 2.45) is 11.7 Å². The van der Waals surface area contributed by atoms with E-state index in [4.69, 9.17) is 10.5 Å². The summed E-state index contributed by atoms with van der Waals surface area (Å²) in [5.41, 5.74) is 8.59. The van der Waals surface area contributed by atoms with Crippen molar-refractivity contribution in [3.63, 3.8) is 0 Å². The van der Waals surface area contributed by atoms with Gasteiger partial charge in [0, 0.05) is 25.0 Å². The number of amides is 1. The average Bonchev–Trinajstić information content (AvgIpc) is 3.17. The molecule has 1 saturated heterocycles. The Hall–Kier alpha value is -2.33. The van der Waals surface area contributed by atoms with Gasteiger partial charge in [-0.2, -0.15) is 0 Å². The van der Waals surface area contributed by atoms with Crippen LogP contribution in [0.5, 0.6) is 5.75 Å². The smallest absolute Gasteiger partial charge is 0.227 e. The van der Waals surface area contributed by atoms with Gasteiger partial charge in [0.05, 0.1) is 13.0 Å². The van der Waals surface area contributed by atoms with Crippen LogP contribution in [0.4, 0.5) is 0 Å². The van der Waals surface area contributed by atoms with Crippen molar-refractivity contribution in [1.29, 1.82) is 0 Å². The zero-order valence-electron chi connectivity index (χ0n) is 14.9. The average molecular weight is 338 g/mol. The first-order valence-electron chi connectivity index (χ1n) is 8.83. The van der Waals surface area contributed by atoms with Gasteiger partial charge >= 0.3 is 0 Å². The molecule has 1 fully saturated rings. The van der Waals surface area contributed by atoms with E-state index in [2.05, 4.69) is 12.1 Å². The van der Waals surface area contributed by atoms with Crippen LogP contribution in [-0.4, -0.2) is 31.0 Å². The Balaban J connectivity index is 1.63. The first-order chi connectivity index (χ1) is 12.1. The van der Waals surface area contributed by atoms with Gasteiger partial charge in [0.2, 0.25) is 5.91 Å². The second kappa shape index (κ2) is 7.70. The molecule has 1 aliphatic rings. The van der Waals surface area contributed by atoms with Crippen LogP contribution < -0.4 is 10.5 Å². The van der Waals surface area contributed by atoms with Gasteiger partial charge in [0.15, 0.2) is 0 Å². The monoisotopic (exact) mass is 338 g/mol. The van der Waals surface area contributed by atoms with Gasteiger partial charge in [-0.3, -0.25) is 4.79 Å². The molecule has 4 heteroatoms. The summed E-state index contributed by atoms with van der Waals surface area (Å²) in [4.78, 5) is 14.8. The molecule has 2 aromatic carbocycles. The van der Waals surface area contributed by atoms with Crippen molar-refractivity contribution in [1.82, 2.24) is 4.90 Å². The molecule has 0 bridgehead atoms. The van der Waals surface area contributed by atoms with Crippen molar-refractivity contribution in [3.8, 4) is 5.75 Å². The maximum absolute atomic E-state index is 12.9. The fourth-order valence-electron chi connectivity index (χ4n) is 3.51. The zero-order chi connectivity index (χ0) is 17.8. The van der Waals surface area contributed by atoms with Gasteiger partial charge in [-0.15, -0.1) is 0 Å². The Bertz CT molecular complexity index is 700. The third kappa shape index (κ3) is 3.85. The first-order valence-corrected chi connectivity index (χ1v) is 8.83. The lowest BCUT2D eigenvalue weighted by molar-refractivity contribution is -0.134. The molecule has 2 aromatic rings. The lowest BCUT2D eigenvalue weighted by Gasteiger charge is -2.25. The van der Waals surface area contributed by atoms with E-state index in [-0.39, 0.29) is 17.9 Å². The van der Waals surface area contributed by atoms with Gasteiger partial charge < -0.3 is 15.4 Å². The minimum absolute atomic E-state index is 0.146. The Labute approximate surface area is 149 Å². The normalized spacial score (nSPS) is 19.5. The molecule has 132 valence electrons. The van der Waals surface area contributed by atoms with Crippen molar-refractivity contribution >= 4 is 5.91 Å². The Kier molecular flexibility index (Phi) is 5.39. The molecule has 1 heterocycles. The summed E-state index contributed by atoms with van der Waals surface area (Å²) < 4.78 is 5.21. The summed E-state index contributed by atoms with van der Waals surface area (Å²) in [6.45, 7) is 3.49. The summed E-state index contributed by atoms with van der Waals surface area (Å²) in [6.07, 6.45) is 0.991. The Morgan fingerprint density at radius 2 is 1.84 bits per heavy atom. The second-order valence-corrected chi connectivity index (χ2v) is 6.77. The summed E-state index contributed by atoms with van der Waals surface area (Å²) in [5, 5.41) is 0. The number of hydrogen-bond donors (Lipinski definition) is 1. The van der Waals surface area contributed by atoms with Crippen LogP contribution >= 0.6 is 0 Å². The number of carbonyl (C=O) groups is 1. The molecule has 4 nitrogen and oxygen atoms in total. The van der Waals surface area contributed by atoms with Crippen LogP contribution in [0.1, 0.15) is 36.4 Å². The maximum Gasteiger partial charge on any atom is 0.227 e. The van der Waals surface area contributed by atoms with E-state index in [9.17, 15) is 4.79 Å². The third-order valence-corrected chi connectivity index (χ3v) is 5.20. The van der Waals surface area contributed by atoms with Crippen molar-refractivity contribution in [3.05, 3.63) is 65.7 Å². The second-order valence-electron chi connectivity index (χ2n) is 6.77. The van der Waals surface area contributed by atoms with Crippen LogP contribution in [-0.2, 0) is 4.79 Å². The molecule has 0 radical (unpaired) electrons. The van der Waals surface area contributed by atoms with Crippen molar-refractivity contribution in [2.45, 2.75) is 25.3 Å². The van der Waals surface area contributed by atoms with E-state index >= 15 is 0 Å². The molecule has 25 heavy (non-hydrogen) atoms. The Morgan fingerprint density at radius 3 is 2.48 bits per heavy atom. The number of ether oxygens (including phenoxy) is 1. The van der Waals surface area contributed by atoms with Gasteiger partial charge in [0.1, 0.15) is 5.75 Å². The fraction of sp³-hybridized carbons (Fsp3) is 0.381.